The van der Waals surface area contributed by atoms with Crippen LogP contribution in [-0.2, 0) is 16.1 Å². The van der Waals surface area contributed by atoms with Crippen molar-refractivity contribution < 1.29 is 23.4 Å². The predicted octanol–water partition coefficient (Wildman–Crippen LogP) is 6.41. The second-order valence-electron chi connectivity index (χ2n) is 10.5. The van der Waals surface area contributed by atoms with Crippen molar-refractivity contribution in [2.75, 3.05) is 13.7 Å². The molecule has 0 bridgehead atoms. The van der Waals surface area contributed by atoms with E-state index in [-0.39, 0.29) is 24.6 Å². The van der Waals surface area contributed by atoms with Gasteiger partial charge in [0.2, 0.25) is 0 Å². The van der Waals surface area contributed by atoms with Crippen LogP contribution < -0.4 is 24.4 Å². The van der Waals surface area contributed by atoms with Crippen molar-refractivity contribution in [2.24, 2.45) is 4.99 Å². The number of ether oxygens (including phenoxy) is 3. The van der Waals surface area contributed by atoms with Crippen molar-refractivity contribution in [3.63, 3.8) is 0 Å². The lowest BCUT2D eigenvalue weighted by atomic mass is 9.93. The van der Waals surface area contributed by atoms with Crippen LogP contribution in [0.5, 0.6) is 11.5 Å². The number of fused-ring (bicyclic) bond motifs is 1. The number of halogens is 2. The number of carbonyl (C=O) groups excluding carboxylic acids is 1. The third kappa shape index (κ3) is 6.27. The van der Waals surface area contributed by atoms with Crippen LogP contribution >= 0.6 is 27.3 Å². The highest BCUT2D eigenvalue weighted by molar-refractivity contribution is 9.10. The zero-order valence-electron chi connectivity index (χ0n) is 25.0. The van der Waals surface area contributed by atoms with Gasteiger partial charge in [0.15, 0.2) is 16.3 Å². The number of carbonyl (C=O) groups is 1. The van der Waals surface area contributed by atoms with Gasteiger partial charge in [-0.05, 0) is 76.7 Å². The van der Waals surface area contributed by atoms with Gasteiger partial charge in [0.1, 0.15) is 12.4 Å². The van der Waals surface area contributed by atoms with E-state index in [0.29, 0.717) is 53.6 Å². The van der Waals surface area contributed by atoms with Gasteiger partial charge in [-0.1, -0.05) is 67.6 Å². The van der Waals surface area contributed by atoms with Crippen molar-refractivity contribution in [3.8, 4) is 11.5 Å². The number of thiazole rings is 1. The van der Waals surface area contributed by atoms with Gasteiger partial charge in [0.25, 0.3) is 5.56 Å². The zero-order chi connectivity index (χ0) is 31.5. The van der Waals surface area contributed by atoms with Crippen molar-refractivity contribution in [3.05, 3.63) is 124 Å². The summed E-state index contributed by atoms with van der Waals surface area (Å²) in [7, 11) is 1.51. The summed E-state index contributed by atoms with van der Waals surface area (Å²) >= 11 is 4.79. The molecule has 1 aliphatic heterocycles. The molecular weight excluding hydrogens is 647 g/mol. The molecule has 7 nitrogen and oxygen atoms in total. The molecule has 44 heavy (non-hydrogen) atoms. The van der Waals surface area contributed by atoms with Crippen LogP contribution in [0.15, 0.2) is 86.2 Å². The number of methoxy groups -OCH3 is 1. The van der Waals surface area contributed by atoms with Crippen molar-refractivity contribution in [1.82, 2.24) is 4.57 Å². The highest BCUT2D eigenvalue weighted by atomic mass is 79.9. The molecule has 0 N–H and O–H groups in total. The number of rotatable bonds is 9. The van der Waals surface area contributed by atoms with Crippen LogP contribution in [-0.4, -0.2) is 24.3 Å². The van der Waals surface area contributed by atoms with E-state index in [1.165, 1.54) is 24.5 Å². The molecule has 0 radical (unpaired) electrons. The van der Waals surface area contributed by atoms with E-state index in [2.05, 4.69) is 34.8 Å². The fraction of sp³-hybridized carbons (Fsp3) is 0.265. The monoisotopic (exact) mass is 678 g/mol. The van der Waals surface area contributed by atoms with Crippen LogP contribution in [0.4, 0.5) is 4.39 Å². The first-order chi connectivity index (χ1) is 21.1. The summed E-state index contributed by atoms with van der Waals surface area (Å²) in [6.07, 6.45) is 1.75. The van der Waals surface area contributed by atoms with E-state index < -0.39 is 12.0 Å². The van der Waals surface area contributed by atoms with Gasteiger partial charge >= 0.3 is 5.97 Å². The Morgan fingerprint density at radius 2 is 1.89 bits per heavy atom. The third-order valence-corrected chi connectivity index (χ3v) is 8.89. The molecule has 0 spiro atoms. The Bertz CT molecular complexity index is 1930. The van der Waals surface area contributed by atoms with E-state index in [1.807, 2.05) is 24.3 Å². The summed E-state index contributed by atoms with van der Waals surface area (Å²) in [4.78, 5) is 32.3. The van der Waals surface area contributed by atoms with E-state index >= 15 is 0 Å². The maximum atomic E-state index is 14.1. The van der Waals surface area contributed by atoms with Gasteiger partial charge in [-0.15, -0.1) is 0 Å². The molecule has 1 aliphatic rings. The molecule has 2 heterocycles. The first kappa shape index (κ1) is 31.4. The normalized spacial score (nSPS) is 14.8. The van der Waals surface area contributed by atoms with Gasteiger partial charge in [-0.3, -0.25) is 9.36 Å². The maximum absolute atomic E-state index is 14.1. The molecule has 1 aromatic heterocycles. The summed E-state index contributed by atoms with van der Waals surface area (Å²) < 4.78 is 33.6. The van der Waals surface area contributed by atoms with Crippen LogP contribution in [0.1, 0.15) is 61.9 Å². The molecule has 0 fully saturated rings. The smallest absolute Gasteiger partial charge is 0.338 e. The maximum Gasteiger partial charge on any atom is 0.338 e. The van der Waals surface area contributed by atoms with Crippen LogP contribution in [0.3, 0.4) is 0 Å². The lowest BCUT2D eigenvalue weighted by Gasteiger charge is -2.25. The minimum Gasteiger partial charge on any atom is -0.493 e. The molecule has 228 valence electrons. The molecule has 3 aromatic carbocycles. The number of benzene rings is 3. The molecule has 0 unspecified atom stereocenters. The van der Waals surface area contributed by atoms with E-state index in [4.69, 9.17) is 14.2 Å². The quantitative estimate of drug-likeness (QED) is 0.191. The molecule has 1 atom stereocenters. The largest absolute Gasteiger partial charge is 0.493 e. The fourth-order valence-corrected chi connectivity index (χ4v) is 6.67. The standard InChI is InChI=1S/C34H32BrFN2O5S/c1-6-42-33(40)29-20(4)37-34-38(30(29)23-13-11-22(12-14-23)19(2)3)32(39)28(44-34)17-21-15-25(35)31(27(16-21)41-5)43-18-24-9-7-8-10-26(24)36/h7-17,19,30H,6,18H2,1-5H3/t30-/m0/s1. The molecular formula is C34H32BrFN2O5S. The molecule has 0 amide bonds. The Kier molecular flexibility index (Phi) is 9.51. The minimum absolute atomic E-state index is 0.0138. The lowest BCUT2D eigenvalue weighted by Crippen LogP contribution is -2.39. The van der Waals surface area contributed by atoms with Crippen LogP contribution in [0, 0.1) is 5.82 Å². The second kappa shape index (κ2) is 13.3. The lowest BCUT2D eigenvalue weighted by molar-refractivity contribution is -0.139. The van der Waals surface area contributed by atoms with Crippen LogP contribution in [0.2, 0.25) is 0 Å². The van der Waals surface area contributed by atoms with E-state index in [0.717, 1.165) is 11.1 Å². The third-order valence-electron chi connectivity index (χ3n) is 7.32. The van der Waals surface area contributed by atoms with Crippen LogP contribution in [0.25, 0.3) is 6.08 Å². The Balaban J connectivity index is 1.58. The minimum atomic E-state index is -0.691. The summed E-state index contributed by atoms with van der Waals surface area (Å²) in [5.41, 5.74) is 3.60. The van der Waals surface area contributed by atoms with E-state index in [1.54, 1.807) is 54.8 Å². The molecule has 4 aromatic rings. The van der Waals surface area contributed by atoms with Gasteiger partial charge in [0.05, 0.1) is 40.0 Å². The zero-order valence-corrected chi connectivity index (χ0v) is 27.4. The van der Waals surface area contributed by atoms with Crippen molar-refractivity contribution in [1.29, 1.82) is 0 Å². The number of allylic oxidation sites excluding steroid dienone is 1. The number of hydrogen-bond acceptors (Lipinski definition) is 7. The summed E-state index contributed by atoms with van der Waals surface area (Å²) in [5.74, 6) is 0.304. The van der Waals surface area contributed by atoms with Crippen molar-refractivity contribution in [2.45, 2.75) is 46.3 Å². The molecule has 0 saturated carbocycles. The molecule has 5 rings (SSSR count). The topological polar surface area (TPSA) is 79.1 Å². The average molecular weight is 680 g/mol. The molecule has 10 heteroatoms. The van der Waals surface area contributed by atoms with Gasteiger partial charge in [0, 0.05) is 5.56 Å². The second-order valence-corrected chi connectivity index (χ2v) is 12.4. The summed E-state index contributed by atoms with van der Waals surface area (Å²) in [6, 6.07) is 17.2. The number of esters is 1. The predicted molar refractivity (Wildman–Crippen MR) is 172 cm³/mol. The summed E-state index contributed by atoms with van der Waals surface area (Å²) in [6.45, 7) is 7.96. The Hall–Kier alpha value is -4.02. The number of aromatic nitrogens is 1. The highest BCUT2D eigenvalue weighted by Crippen LogP contribution is 2.38. The SMILES string of the molecule is CCOC(=O)C1=C(C)N=c2sc(=Cc3cc(Br)c(OCc4ccccc4F)c(OC)c3)c(=O)n2[C@H]1c1ccc(C(C)C)cc1. The number of nitrogens with zero attached hydrogens (tertiary/aromatic N) is 2. The highest BCUT2D eigenvalue weighted by Gasteiger charge is 2.33. The molecule has 0 saturated heterocycles. The Morgan fingerprint density at radius 1 is 1.16 bits per heavy atom. The first-order valence-electron chi connectivity index (χ1n) is 14.2. The first-order valence-corrected chi connectivity index (χ1v) is 15.8. The van der Waals surface area contributed by atoms with Gasteiger partial charge < -0.3 is 14.2 Å². The van der Waals surface area contributed by atoms with Gasteiger partial charge in [-0.25, -0.2) is 14.2 Å². The van der Waals surface area contributed by atoms with Gasteiger partial charge in [-0.2, -0.15) is 0 Å². The van der Waals surface area contributed by atoms with Crippen molar-refractivity contribution >= 4 is 39.3 Å². The number of hydrogen-bond donors (Lipinski definition) is 0. The average Bonchev–Trinajstić information content (AvgIpc) is 3.30. The summed E-state index contributed by atoms with van der Waals surface area (Å²) in [5, 5.41) is 0. The van der Waals surface area contributed by atoms with E-state index in [9.17, 15) is 14.0 Å². The molecule has 0 aliphatic carbocycles. The fourth-order valence-electron chi connectivity index (χ4n) is 5.05. The Morgan fingerprint density at radius 3 is 2.55 bits per heavy atom. The Labute approximate surface area is 267 Å².